The summed E-state index contributed by atoms with van der Waals surface area (Å²) in [7, 11) is 1.53. The molecule has 220 valence electrons. The number of halogens is 1. The minimum atomic E-state index is -1.41. The normalized spacial score (nSPS) is 19.3. The number of aliphatic carboxylic acids is 2. The Kier molecular flexibility index (Phi) is 7.98. The summed E-state index contributed by atoms with van der Waals surface area (Å²) in [5, 5.41) is 24.7. The SMILES string of the molecule is COn1ccc2c1ccc[n+]2CC1=C(C(=O)O)N2C(=O)[C@@H](NC(=O)C(=NO[C@@H](C)C(=O)O)c3nc(N)sc3Cl)[C@H]2SC1. The Labute approximate surface area is 250 Å². The van der Waals surface area contributed by atoms with E-state index in [0.717, 1.165) is 27.3 Å². The number of rotatable bonds is 10. The number of thiazole rings is 1. The minimum Gasteiger partial charge on any atom is -0.478 e. The van der Waals surface area contributed by atoms with Gasteiger partial charge in [0, 0.05) is 23.5 Å². The van der Waals surface area contributed by atoms with Crippen molar-refractivity contribution in [2.24, 2.45) is 5.16 Å². The Morgan fingerprint density at radius 1 is 1.36 bits per heavy atom. The molecule has 1 saturated heterocycles. The lowest BCUT2D eigenvalue weighted by atomic mass is 10.0. The number of amides is 2. The molecule has 2 aliphatic heterocycles. The third-order valence-corrected chi connectivity index (χ3v) is 8.91. The second kappa shape index (κ2) is 11.5. The molecule has 0 spiro atoms. The van der Waals surface area contributed by atoms with Crippen molar-refractivity contribution in [3.05, 3.63) is 51.9 Å². The van der Waals surface area contributed by atoms with Gasteiger partial charge in [0.05, 0.1) is 6.20 Å². The molecule has 2 amide bonds. The van der Waals surface area contributed by atoms with Gasteiger partial charge in [-0.05, 0) is 13.0 Å². The number of thioether (sulfide) groups is 1. The topological polar surface area (TPSA) is 203 Å². The van der Waals surface area contributed by atoms with E-state index in [9.17, 15) is 24.3 Å². The monoisotopic (exact) mass is 636 g/mol. The molecule has 5 heterocycles. The fraction of sp³-hybridized carbons (Fsp3) is 0.292. The van der Waals surface area contributed by atoms with Crippen LogP contribution in [0.4, 0.5) is 5.13 Å². The fourth-order valence-corrected chi connectivity index (χ4v) is 6.75. The largest absolute Gasteiger partial charge is 0.478 e. The van der Waals surface area contributed by atoms with E-state index in [1.165, 1.54) is 25.8 Å². The molecule has 3 aromatic rings. The quantitative estimate of drug-likeness (QED) is 0.103. The molecule has 0 bridgehead atoms. The fourth-order valence-electron chi connectivity index (χ4n) is 4.49. The molecule has 0 radical (unpaired) electrons. The van der Waals surface area contributed by atoms with Crippen molar-refractivity contribution in [3.8, 4) is 0 Å². The Morgan fingerprint density at radius 2 is 2.12 bits per heavy atom. The van der Waals surface area contributed by atoms with Crippen molar-refractivity contribution in [3.63, 3.8) is 0 Å². The molecule has 0 aliphatic carbocycles. The zero-order valence-corrected chi connectivity index (χ0v) is 24.3. The maximum Gasteiger partial charge on any atom is 0.352 e. The first-order valence-electron chi connectivity index (χ1n) is 12.2. The summed E-state index contributed by atoms with van der Waals surface area (Å²) in [5.41, 5.74) is 6.97. The Balaban J connectivity index is 1.39. The van der Waals surface area contributed by atoms with Crippen LogP contribution in [0.25, 0.3) is 11.0 Å². The average molecular weight is 637 g/mol. The predicted molar refractivity (Wildman–Crippen MR) is 151 cm³/mol. The molecule has 5 rings (SSSR count). The Bertz CT molecular complexity index is 1690. The van der Waals surface area contributed by atoms with E-state index in [4.69, 9.17) is 32.1 Å². The summed E-state index contributed by atoms with van der Waals surface area (Å²) in [6.07, 6.45) is 2.14. The number of carbonyl (C=O) groups excluding carboxylic acids is 2. The molecule has 0 unspecified atom stereocenters. The maximum absolute atomic E-state index is 13.3. The molecule has 0 saturated carbocycles. The van der Waals surface area contributed by atoms with Crippen LogP contribution in [0.1, 0.15) is 12.6 Å². The first-order chi connectivity index (χ1) is 20.0. The number of nitrogen functional groups attached to an aromatic ring is 1. The van der Waals surface area contributed by atoms with E-state index in [1.807, 2.05) is 16.7 Å². The third kappa shape index (κ3) is 5.21. The number of carbonyl (C=O) groups is 4. The molecule has 42 heavy (non-hydrogen) atoms. The molecule has 18 heteroatoms. The van der Waals surface area contributed by atoms with Gasteiger partial charge in [0.1, 0.15) is 34.3 Å². The van der Waals surface area contributed by atoms with E-state index >= 15 is 0 Å². The lowest BCUT2D eigenvalue weighted by Gasteiger charge is -2.49. The highest BCUT2D eigenvalue weighted by atomic mass is 35.5. The Hall–Kier alpha value is -4.35. The first-order valence-corrected chi connectivity index (χ1v) is 14.4. The van der Waals surface area contributed by atoms with E-state index in [-0.39, 0.29) is 33.2 Å². The molecule has 5 N–H and O–H groups in total. The van der Waals surface area contributed by atoms with E-state index in [2.05, 4.69) is 15.5 Å². The van der Waals surface area contributed by atoms with E-state index in [1.54, 1.807) is 23.2 Å². The van der Waals surface area contributed by atoms with Crippen molar-refractivity contribution >= 4 is 80.3 Å². The van der Waals surface area contributed by atoms with Crippen LogP contribution in [-0.2, 0) is 30.6 Å². The highest BCUT2D eigenvalue weighted by Gasteiger charge is 2.55. The van der Waals surface area contributed by atoms with Gasteiger partial charge in [-0.25, -0.2) is 14.6 Å². The number of nitrogens with zero attached hydrogens (tertiary/aromatic N) is 5. The second-order valence-electron chi connectivity index (χ2n) is 9.05. The lowest BCUT2D eigenvalue weighted by molar-refractivity contribution is -0.663. The molecular formula is C24H23ClN7O8S2+. The first kappa shape index (κ1) is 29.2. The summed E-state index contributed by atoms with van der Waals surface area (Å²) >= 11 is 8.29. The van der Waals surface area contributed by atoms with Crippen LogP contribution in [0.15, 0.2) is 47.0 Å². The van der Waals surface area contributed by atoms with Crippen LogP contribution in [0.3, 0.4) is 0 Å². The van der Waals surface area contributed by atoms with Gasteiger partial charge in [-0.15, -0.1) is 11.8 Å². The number of pyridine rings is 1. The van der Waals surface area contributed by atoms with Crippen molar-refractivity contribution < 1.29 is 43.6 Å². The molecular weight excluding hydrogens is 614 g/mol. The summed E-state index contributed by atoms with van der Waals surface area (Å²) in [6, 6.07) is 4.39. The number of fused-ring (bicyclic) bond motifs is 2. The van der Waals surface area contributed by atoms with Crippen LogP contribution >= 0.6 is 34.7 Å². The summed E-state index contributed by atoms with van der Waals surface area (Å²) in [6.45, 7) is 1.40. The molecule has 3 aromatic heterocycles. The van der Waals surface area contributed by atoms with Gasteiger partial charge in [-0.1, -0.05) is 28.1 Å². The van der Waals surface area contributed by atoms with Crippen LogP contribution in [0, 0.1) is 0 Å². The summed E-state index contributed by atoms with van der Waals surface area (Å²) in [5.74, 6) is -3.92. The smallest absolute Gasteiger partial charge is 0.352 e. The van der Waals surface area contributed by atoms with Crippen molar-refractivity contribution in [1.82, 2.24) is 19.9 Å². The minimum absolute atomic E-state index is 0.00400. The van der Waals surface area contributed by atoms with E-state index in [0.29, 0.717) is 5.57 Å². The van der Waals surface area contributed by atoms with Crippen LogP contribution in [-0.4, -0.2) is 84.7 Å². The van der Waals surface area contributed by atoms with Crippen LogP contribution < -0.4 is 20.5 Å². The van der Waals surface area contributed by atoms with Gasteiger partial charge in [-0.2, -0.15) is 9.30 Å². The van der Waals surface area contributed by atoms with Crippen LogP contribution in [0.5, 0.6) is 0 Å². The molecule has 1 fully saturated rings. The van der Waals surface area contributed by atoms with Crippen molar-refractivity contribution in [2.45, 2.75) is 31.0 Å². The third-order valence-electron chi connectivity index (χ3n) is 6.48. The zero-order valence-electron chi connectivity index (χ0n) is 21.9. The number of oxime groups is 1. The maximum atomic E-state index is 13.3. The van der Waals surface area contributed by atoms with Crippen molar-refractivity contribution in [2.75, 3.05) is 18.6 Å². The predicted octanol–water partition coefficient (Wildman–Crippen LogP) is 0.312. The highest BCUT2D eigenvalue weighted by molar-refractivity contribution is 8.00. The second-order valence-corrected chi connectivity index (χ2v) is 11.8. The molecule has 3 atom stereocenters. The van der Waals surface area contributed by atoms with Crippen molar-refractivity contribution in [1.29, 1.82) is 0 Å². The number of aromatic nitrogens is 3. The number of nitrogens with two attached hydrogens (primary N) is 1. The van der Waals surface area contributed by atoms with Gasteiger partial charge in [0.2, 0.25) is 11.6 Å². The molecule has 15 nitrogen and oxygen atoms in total. The molecule has 0 aromatic carbocycles. The van der Waals surface area contributed by atoms with Gasteiger partial charge in [0.25, 0.3) is 11.8 Å². The van der Waals surface area contributed by atoms with Gasteiger partial charge < -0.3 is 30.9 Å². The Morgan fingerprint density at radius 3 is 2.76 bits per heavy atom. The van der Waals surface area contributed by atoms with Gasteiger partial charge >= 0.3 is 11.9 Å². The van der Waals surface area contributed by atoms with Gasteiger partial charge in [0.15, 0.2) is 29.1 Å². The number of carboxylic acids is 2. The number of hydrogen-bond donors (Lipinski definition) is 4. The highest BCUT2D eigenvalue weighted by Crippen LogP contribution is 2.40. The standard InChI is InChI=1S/C24H22ClN7O8S2/c1-10(22(35)36)40-29-15(14-18(25)42-24(26)28-14)19(33)27-16-20(34)32-17(23(37)38)11(9-41-21(16)32)8-30-6-3-4-13-12(30)5-7-31(13)39-2/h3-7,10,16,21H,8-9H2,1-2H3,(H4-,26,27,28,33,35,36,37,38)/p+1/t10-,16+,21+/m0/s1. The summed E-state index contributed by atoms with van der Waals surface area (Å²) < 4.78 is 3.43. The number of nitrogens with one attached hydrogen (secondary N) is 1. The number of anilines is 1. The summed E-state index contributed by atoms with van der Waals surface area (Å²) in [4.78, 5) is 65.4. The molecule has 2 aliphatic rings. The van der Waals surface area contributed by atoms with Gasteiger partial charge in [-0.3, -0.25) is 14.5 Å². The number of β-lactam (4-membered cyclic amide) rings is 1. The average Bonchev–Trinajstić information content (AvgIpc) is 3.53. The van der Waals surface area contributed by atoms with E-state index < -0.39 is 47.0 Å². The zero-order chi connectivity index (χ0) is 30.3. The number of hydrogen-bond acceptors (Lipinski definition) is 11. The van der Waals surface area contributed by atoms with Crippen LogP contribution in [0.2, 0.25) is 4.34 Å². The number of carboxylic acid groups (broad SMARTS) is 2. The lowest BCUT2D eigenvalue weighted by Crippen LogP contribution is -2.71.